The fraction of sp³-hybridized carbons (Fsp3) is 0.750. The van der Waals surface area contributed by atoms with Gasteiger partial charge in [-0.25, -0.2) is 0 Å². The largest absolute Gasteiger partial charge is 0.432 e. The first-order chi connectivity index (χ1) is 6.70. The third kappa shape index (κ3) is 7.84. The Morgan fingerprint density at radius 1 is 1.21 bits per heavy atom. The molecule has 0 saturated heterocycles. The molecular formula is C12H22O2. The molecule has 0 aromatic rings. The minimum Gasteiger partial charge on any atom is -0.432 e. The van der Waals surface area contributed by atoms with Crippen LogP contribution in [0.2, 0.25) is 0 Å². The van der Waals surface area contributed by atoms with E-state index in [0.717, 1.165) is 12.2 Å². The standard InChI is InChI=1S/C12H22O2/c1-4-6-7-8-9-10-11(3)14-12(13)5-2/h10H,4-9H2,1-3H3. The molecule has 2 nitrogen and oxygen atoms in total. The van der Waals surface area contributed by atoms with Crippen LogP contribution >= 0.6 is 0 Å². The van der Waals surface area contributed by atoms with E-state index in [4.69, 9.17) is 4.74 Å². The van der Waals surface area contributed by atoms with E-state index in [1.165, 1.54) is 25.7 Å². The first-order valence-electron chi connectivity index (χ1n) is 5.58. The van der Waals surface area contributed by atoms with Crippen molar-refractivity contribution in [1.82, 2.24) is 0 Å². The zero-order valence-electron chi connectivity index (χ0n) is 9.64. The Morgan fingerprint density at radius 3 is 2.50 bits per heavy atom. The molecule has 0 saturated carbocycles. The summed E-state index contributed by atoms with van der Waals surface area (Å²) >= 11 is 0. The van der Waals surface area contributed by atoms with Crippen LogP contribution in [0.1, 0.15) is 59.3 Å². The summed E-state index contributed by atoms with van der Waals surface area (Å²) in [5.41, 5.74) is 0. The van der Waals surface area contributed by atoms with E-state index < -0.39 is 0 Å². The molecule has 0 aliphatic carbocycles. The van der Waals surface area contributed by atoms with Crippen LogP contribution in [0, 0.1) is 0 Å². The van der Waals surface area contributed by atoms with Crippen LogP contribution in [0.25, 0.3) is 0 Å². The summed E-state index contributed by atoms with van der Waals surface area (Å²) in [7, 11) is 0. The Bertz CT molecular complexity index is 183. The van der Waals surface area contributed by atoms with Gasteiger partial charge in [-0.05, 0) is 25.8 Å². The topological polar surface area (TPSA) is 26.3 Å². The van der Waals surface area contributed by atoms with E-state index in [1.54, 1.807) is 6.92 Å². The molecule has 0 radical (unpaired) electrons. The van der Waals surface area contributed by atoms with Crippen molar-refractivity contribution in [3.8, 4) is 0 Å². The fourth-order valence-electron chi connectivity index (χ4n) is 1.17. The van der Waals surface area contributed by atoms with Gasteiger partial charge in [-0.15, -0.1) is 0 Å². The lowest BCUT2D eigenvalue weighted by atomic mass is 10.1. The van der Waals surface area contributed by atoms with Crippen LogP contribution in [0.15, 0.2) is 11.8 Å². The highest BCUT2D eigenvalue weighted by atomic mass is 16.5. The quantitative estimate of drug-likeness (QED) is 0.353. The van der Waals surface area contributed by atoms with Gasteiger partial charge in [0.05, 0.1) is 0 Å². The predicted molar refractivity (Wildman–Crippen MR) is 58.9 cm³/mol. The second kappa shape index (κ2) is 8.79. The van der Waals surface area contributed by atoms with Crippen molar-refractivity contribution >= 4 is 5.97 Å². The van der Waals surface area contributed by atoms with E-state index in [2.05, 4.69) is 6.92 Å². The molecule has 14 heavy (non-hydrogen) atoms. The Kier molecular flexibility index (Phi) is 8.30. The number of hydrogen-bond donors (Lipinski definition) is 0. The van der Waals surface area contributed by atoms with Crippen molar-refractivity contribution < 1.29 is 9.53 Å². The SMILES string of the molecule is CCCCCCC=C(C)OC(=O)CC. The van der Waals surface area contributed by atoms with Gasteiger partial charge in [0.15, 0.2) is 0 Å². The van der Waals surface area contributed by atoms with Crippen LogP contribution in [0.5, 0.6) is 0 Å². The van der Waals surface area contributed by atoms with Gasteiger partial charge >= 0.3 is 5.97 Å². The maximum Gasteiger partial charge on any atom is 0.310 e. The van der Waals surface area contributed by atoms with E-state index in [-0.39, 0.29) is 5.97 Å². The highest BCUT2D eigenvalue weighted by Crippen LogP contribution is 2.06. The molecule has 0 unspecified atom stereocenters. The van der Waals surface area contributed by atoms with Gasteiger partial charge in [0, 0.05) is 6.42 Å². The number of unbranched alkanes of at least 4 members (excludes halogenated alkanes) is 4. The highest BCUT2D eigenvalue weighted by molar-refractivity contribution is 5.69. The third-order valence-corrected chi connectivity index (χ3v) is 2.05. The Hall–Kier alpha value is -0.790. The van der Waals surface area contributed by atoms with Crippen molar-refractivity contribution in [1.29, 1.82) is 0 Å². The summed E-state index contributed by atoms with van der Waals surface area (Å²) in [6.07, 6.45) is 8.47. The highest BCUT2D eigenvalue weighted by Gasteiger charge is 1.98. The summed E-state index contributed by atoms with van der Waals surface area (Å²) < 4.78 is 5.03. The minimum atomic E-state index is -0.146. The van der Waals surface area contributed by atoms with Crippen molar-refractivity contribution in [2.24, 2.45) is 0 Å². The number of allylic oxidation sites excluding steroid dienone is 2. The summed E-state index contributed by atoms with van der Waals surface area (Å²) in [6.45, 7) is 5.84. The van der Waals surface area contributed by atoms with Gasteiger partial charge in [-0.3, -0.25) is 4.79 Å². The lowest BCUT2D eigenvalue weighted by Gasteiger charge is -2.02. The van der Waals surface area contributed by atoms with Crippen LogP contribution in [-0.4, -0.2) is 5.97 Å². The maximum atomic E-state index is 10.9. The van der Waals surface area contributed by atoms with Gasteiger partial charge in [0.2, 0.25) is 0 Å². The second-order valence-electron chi connectivity index (χ2n) is 3.49. The molecule has 0 atom stereocenters. The zero-order chi connectivity index (χ0) is 10.8. The number of hydrogen-bond acceptors (Lipinski definition) is 2. The molecule has 0 spiro atoms. The molecule has 0 aromatic heterocycles. The van der Waals surface area contributed by atoms with E-state index in [9.17, 15) is 4.79 Å². The van der Waals surface area contributed by atoms with E-state index in [1.807, 2.05) is 13.0 Å². The molecule has 82 valence electrons. The average Bonchev–Trinajstić information content (AvgIpc) is 2.17. The Morgan fingerprint density at radius 2 is 1.93 bits per heavy atom. The number of rotatable bonds is 7. The third-order valence-electron chi connectivity index (χ3n) is 2.05. The fourth-order valence-corrected chi connectivity index (χ4v) is 1.17. The van der Waals surface area contributed by atoms with Gasteiger partial charge in [0.1, 0.15) is 5.76 Å². The molecule has 2 heteroatoms. The monoisotopic (exact) mass is 198 g/mol. The van der Waals surface area contributed by atoms with E-state index in [0.29, 0.717) is 6.42 Å². The Labute approximate surface area is 87.3 Å². The molecular weight excluding hydrogens is 176 g/mol. The summed E-state index contributed by atoms with van der Waals surface area (Å²) in [5.74, 6) is 0.598. The van der Waals surface area contributed by atoms with Gasteiger partial charge in [-0.1, -0.05) is 33.1 Å². The van der Waals surface area contributed by atoms with Crippen molar-refractivity contribution in [2.75, 3.05) is 0 Å². The second-order valence-corrected chi connectivity index (χ2v) is 3.49. The van der Waals surface area contributed by atoms with Crippen molar-refractivity contribution in [2.45, 2.75) is 59.3 Å². The molecule has 0 bridgehead atoms. The lowest BCUT2D eigenvalue weighted by molar-refractivity contribution is -0.139. The number of ether oxygens (including phenoxy) is 1. The van der Waals surface area contributed by atoms with Crippen LogP contribution < -0.4 is 0 Å². The molecule has 0 amide bonds. The normalized spacial score (nSPS) is 11.5. The molecule has 0 aliphatic rings. The minimum absolute atomic E-state index is 0.146. The summed E-state index contributed by atoms with van der Waals surface area (Å²) in [4.78, 5) is 10.9. The average molecular weight is 198 g/mol. The maximum absolute atomic E-state index is 10.9. The summed E-state index contributed by atoms with van der Waals surface area (Å²) in [6, 6.07) is 0. The van der Waals surface area contributed by atoms with Crippen molar-refractivity contribution in [3.63, 3.8) is 0 Å². The predicted octanol–water partition coefficient (Wildman–Crippen LogP) is 3.81. The molecule has 0 aliphatic heterocycles. The van der Waals surface area contributed by atoms with Crippen LogP contribution in [0.3, 0.4) is 0 Å². The van der Waals surface area contributed by atoms with Crippen LogP contribution in [0.4, 0.5) is 0 Å². The first kappa shape index (κ1) is 13.2. The zero-order valence-corrected chi connectivity index (χ0v) is 9.64. The smallest absolute Gasteiger partial charge is 0.310 e. The summed E-state index contributed by atoms with van der Waals surface area (Å²) in [5, 5.41) is 0. The number of carbonyl (C=O) groups excluding carboxylic acids is 1. The van der Waals surface area contributed by atoms with Gasteiger partial charge < -0.3 is 4.74 Å². The van der Waals surface area contributed by atoms with Crippen molar-refractivity contribution in [3.05, 3.63) is 11.8 Å². The first-order valence-corrected chi connectivity index (χ1v) is 5.58. The molecule has 0 heterocycles. The molecule has 0 fully saturated rings. The van der Waals surface area contributed by atoms with Gasteiger partial charge in [0.25, 0.3) is 0 Å². The Balaban J connectivity index is 3.51. The van der Waals surface area contributed by atoms with Crippen LogP contribution in [-0.2, 0) is 9.53 Å². The molecule has 0 rings (SSSR count). The van der Waals surface area contributed by atoms with E-state index >= 15 is 0 Å². The number of esters is 1. The molecule has 0 aromatic carbocycles. The lowest BCUT2D eigenvalue weighted by Crippen LogP contribution is -1.99. The van der Waals surface area contributed by atoms with Gasteiger partial charge in [-0.2, -0.15) is 0 Å². The molecule has 0 N–H and O–H groups in total. The number of carbonyl (C=O) groups is 1.